The van der Waals surface area contributed by atoms with Crippen molar-refractivity contribution in [3.63, 3.8) is 0 Å². The smallest absolute Gasteiger partial charge is 0.228 e. The molecule has 1 spiro atoms. The highest BCUT2D eigenvalue weighted by Crippen LogP contribution is 2.58. The summed E-state index contributed by atoms with van der Waals surface area (Å²) in [5.41, 5.74) is 2.03. The Hall–Kier alpha value is -0.950. The van der Waals surface area contributed by atoms with Gasteiger partial charge in [0.2, 0.25) is 5.91 Å². The summed E-state index contributed by atoms with van der Waals surface area (Å²) in [4.78, 5) is 12.5. The van der Waals surface area contributed by atoms with E-state index in [9.17, 15) is 9.00 Å². The van der Waals surface area contributed by atoms with Crippen LogP contribution in [0.5, 0.6) is 0 Å². The van der Waals surface area contributed by atoms with E-state index in [1.165, 1.54) is 0 Å². The van der Waals surface area contributed by atoms with Crippen molar-refractivity contribution in [1.82, 2.24) is 5.32 Å². The molecule has 2 atom stereocenters. The van der Waals surface area contributed by atoms with Crippen molar-refractivity contribution >= 4 is 34.8 Å². The molecule has 1 saturated heterocycles. The minimum atomic E-state index is -0.942. The van der Waals surface area contributed by atoms with E-state index in [1.54, 1.807) is 7.11 Å². The van der Waals surface area contributed by atoms with Gasteiger partial charge >= 0.3 is 0 Å². The molecule has 25 heavy (non-hydrogen) atoms. The Bertz CT molecular complexity index is 620. The second-order valence-corrected chi connectivity index (χ2v) is 8.42. The second kappa shape index (κ2) is 9.12. The molecule has 1 saturated carbocycles. The molecule has 7 heteroatoms. The average Bonchev–Trinajstić information content (AvgIpc) is 3.27. The van der Waals surface area contributed by atoms with E-state index in [0.717, 1.165) is 43.6 Å². The van der Waals surface area contributed by atoms with Crippen molar-refractivity contribution in [2.45, 2.75) is 25.0 Å². The van der Waals surface area contributed by atoms with Crippen molar-refractivity contribution in [3.8, 4) is 0 Å². The van der Waals surface area contributed by atoms with Gasteiger partial charge in [0.1, 0.15) is 0 Å². The van der Waals surface area contributed by atoms with Crippen LogP contribution in [0, 0.1) is 11.3 Å². The molecule has 1 aromatic carbocycles. The van der Waals surface area contributed by atoms with E-state index in [1.807, 2.05) is 24.3 Å². The number of nitrogens with one attached hydrogen (secondary N) is 2. The third-order valence-corrected chi connectivity index (χ3v) is 6.42. The molecular formula is C18H27ClN2O3S. The molecule has 0 bridgehead atoms. The van der Waals surface area contributed by atoms with Crippen LogP contribution in [0.2, 0.25) is 0 Å². The third kappa shape index (κ3) is 5.26. The predicted molar refractivity (Wildman–Crippen MR) is 104 cm³/mol. The van der Waals surface area contributed by atoms with Gasteiger partial charge in [-0.1, -0.05) is 12.1 Å². The van der Waals surface area contributed by atoms with E-state index >= 15 is 0 Å². The lowest BCUT2D eigenvalue weighted by Crippen LogP contribution is -2.31. The van der Waals surface area contributed by atoms with E-state index in [-0.39, 0.29) is 29.6 Å². The number of piperidine rings is 1. The van der Waals surface area contributed by atoms with E-state index in [0.29, 0.717) is 18.1 Å². The predicted octanol–water partition coefficient (Wildman–Crippen LogP) is 2.33. The number of methoxy groups -OCH3 is 1. The largest absolute Gasteiger partial charge is 0.384 e. The van der Waals surface area contributed by atoms with Crippen LogP contribution >= 0.6 is 12.4 Å². The summed E-state index contributed by atoms with van der Waals surface area (Å²) < 4.78 is 16.9. The Balaban J connectivity index is 0.00000225. The van der Waals surface area contributed by atoms with Crippen LogP contribution < -0.4 is 10.6 Å². The van der Waals surface area contributed by atoms with Gasteiger partial charge in [0.25, 0.3) is 0 Å². The number of benzene rings is 1. The lowest BCUT2D eigenvalue weighted by Gasteiger charge is -2.23. The van der Waals surface area contributed by atoms with Crippen molar-refractivity contribution in [1.29, 1.82) is 0 Å². The molecule has 1 heterocycles. The number of amides is 1. The van der Waals surface area contributed by atoms with Gasteiger partial charge in [-0.15, -0.1) is 12.4 Å². The summed E-state index contributed by atoms with van der Waals surface area (Å²) in [5, 5.41) is 6.41. The Kier molecular flexibility index (Phi) is 7.43. The Morgan fingerprint density at radius 1 is 1.40 bits per heavy atom. The monoisotopic (exact) mass is 386 g/mol. The first-order valence-corrected chi connectivity index (χ1v) is 10.1. The molecule has 5 nitrogen and oxygen atoms in total. The zero-order chi connectivity index (χ0) is 17.0. The highest BCUT2D eigenvalue weighted by atomic mass is 35.5. The molecule has 2 aliphatic rings. The molecule has 1 amide bonds. The summed E-state index contributed by atoms with van der Waals surface area (Å²) in [7, 11) is 0.670. The van der Waals surface area contributed by atoms with Gasteiger partial charge < -0.3 is 15.4 Å². The molecule has 1 aliphatic heterocycles. The van der Waals surface area contributed by atoms with Crippen LogP contribution in [0.3, 0.4) is 0 Å². The number of rotatable bonds is 7. The Morgan fingerprint density at radius 2 is 2.16 bits per heavy atom. The SMILES string of the molecule is COCCS(=O)Cc1cccc(NC(=O)C2CC23CCNCC3)c1.Cl. The fraction of sp³-hybridized carbons (Fsp3) is 0.611. The molecule has 2 unspecified atom stereocenters. The minimum absolute atomic E-state index is 0. The maximum absolute atomic E-state index is 12.5. The molecule has 1 aliphatic carbocycles. The third-order valence-electron chi connectivity index (χ3n) is 5.14. The van der Waals surface area contributed by atoms with Gasteiger partial charge in [0.05, 0.1) is 6.61 Å². The molecule has 2 N–H and O–H groups in total. The summed E-state index contributed by atoms with van der Waals surface area (Å²) >= 11 is 0. The van der Waals surface area contributed by atoms with Crippen molar-refractivity contribution in [2.24, 2.45) is 11.3 Å². The average molecular weight is 387 g/mol. The zero-order valence-electron chi connectivity index (χ0n) is 14.6. The van der Waals surface area contributed by atoms with Crippen LogP contribution in [0.1, 0.15) is 24.8 Å². The van der Waals surface area contributed by atoms with Crippen LogP contribution in [0.15, 0.2) is 24.3 Å². The molecule has 0 aromatic heterocycles. The maximum Gasteiger partial charge on any atom is 0.228 e. The van der Waals surface area contributed by atoms with Gasteiger partial charge in [0, 0.05) is 41.0 Å². The minimum Gasteiger partial charge on any atom is -0.384 e. The highest BCUT2D eigenvalue weighted by molar-refractivity contribution is 7.84. The van der Waals surface area contributed by atoms with Gasteiger partial charge in [0.15, 0.2) is 0 Å². The first-order valence-electron chi connectivity index (χ1n) is 8.57. The van der Waals surface area contributed by atoms with Crippen molar-refractivity contribution in [2.75, 3.05) is 37.9 Å². The van der Waals surface area contributed by atoms with E-state index in [2.05, 4.69) is 10.6 Å². The van der Waals surface area contributed by atoms with E-state index < -0.39 is 10.8 Å². The first-order chi connectivity index (χ1) is 11.6. The fourth-order valence-electron chi connectivity index (χ4n) is 3.60. The molecule has 1 aromatic rings. The number of carbonyl (C=O) groups excluding carboxylic acids is 1. The normalized spacial score (nSPS) is 22.0. The number of halogens is 1. The van der Waals surface area contributed by atoms with Gasteiger partial charge in [-0.3, -0.25) is 9.00 Å². The Morgan fingerprint density at radius 3 is 2.88 bits per heavy atom. The number of hydrogen-bond donors (Lipinski definition) is 2. The number of hydrogen-bond acceptors (Lipinski definition) is 4. The van der Waals surface area contributed by atoms with Gasteiger partial charge in [-0.2, -0.15) is 0 Å². The van der Waals surface area contributed by atoms with Crippen LogP contribution in [-0.4, -0.2) is 42.7 Å². The van der Waals surface area contributed by atoms with Gasteiger partial charge in [-0.05, 0) is 55.5 Å². The lowest BCUT2D eigenvalue weighted by molar-refractivity contribution is -0.118. The first kappa shape index (κ1) is 20.4. The number of anilines is 1. The fourth-order valence-corrected chi connectivity index (χ4v) is 4.65. The van der Waals surface area contributed by atoms with Crippen molar-refractivity contribution < 1.29 is 13.7 Å². The molecule has 2 fully saturated rings. The van der Waals surface area contributed by atoms with Gasteiger partial charge in [-0.25, -0.2) is 0 Å². The molecule has 0 radical (unpaired) electrons. The summed E-state index contributed by atoms with van der Waals surface area (Å²) in [6.07, 6.45) is 3.22. The Labute approximate surface area is 158 Å². The summed E-state index contributed by atoms with van der Waals surface area (Å²) in [6, 6.07) is 7.69. The van der Waals surface area contributed by atoms with Crippen molar-refractivity contribution in [3.05, 3.63) is 29.8 Å². The molecular weight excluding hydrogens is 360 g/mol. The van der Waals surface area contributed by atoms with E-state index in [4.69, 9.17) is 4.74 Å². The highest BCUT2D eigenvalue weighted by Gasteiger charge is 2.57. The molecule has 3 rings (SSSR count). The lowest BCUT2D eigenvalue weighted by atomic mass is 9.92. The quantitative estimate of drug-likeness (QED) is 0.754. The number of ether oxygens (including phenoxy) is 1. The standard InChI is InChI=1S/C18H26N2O3S.ClH/c1-23-9-10-24(22)13-14-3-2-4-15(11-14)20-17(21)16-12-18(16)5-7-19-8-6-18;/h2-4,11,16,19H,5-10,12-13H2,1H3,(H,20,21);1H. The summed E-state index contributed by atoms with van der Waals surface area (Å²) in [6.45, 7) is 2.54. The van der Waals surface area contributed by atoms with Crippen LogP contribution in [0.25, 0.3) is 0 Å². The topological polar surface area (TPSA) is 67.4 Å². The molecule has 140 valence electrons. The second-order valence-electron chi connectivity index (χ2n) is 6.84. The summed E-state index contributed by atoms with van der Waals surface area (Å²) in [5.74, 6) is 1.31. The van der Waals surface area contributed by atoms with Crippen LogP contribution in [-0.2, 0) is 26.1 Å². The number of carbonyl (C=O) groups is 1. The zero-order valence-corrected chi connectivity index (χ0v) is 16.2. The maximum atomic E-state index is 12.5. The van der Waals surface area contributed by atoms with Crippen LogP contribution in [0.4, 0.5) is 5.69 Å².